The Labute approximate surface area is 367 Å². The van der Waals surface area contributed by atoms with Gasteiger partial charge >= 0.3 is 0 Å². The fourth-order valence-corrected chi connectivity index (χ4v) is 10.1. The van der Waals surface area contributed by atoms with E-state index in [-0.39, 0.29) is 0 Å². The second-order valence-corrected chi connectivity index (χ2v) is 16.4. The van der Waals surface area contributed by atoms with Crippen LogP contribution in [0, 0.1) is 0 Å². The largest absolute Gasteiger partial charge is 0.456 e. The molecule has 1 aromatic heterocycles. The van der Waals surface area contributed by atoms with Gasteiger partial charge in [0.15, 0.2) is 0 Å². The Hall–Kier alpha value is -8.20. The number of benzene rings is 10. The summed E-state index contributed by atoms with van der Waals surface area (Å²) in [6.07, 6.45) is 0. The first kappa shape index (κ1) is 36.6. The predicted molar refractivity (Wildman–Crippen MR) is 262 cm³/mol. The van der Waals surface area contributed by atoms with Gasteiger partial charge in [0.05, 0.1) is 11.1 Å². The highest BCUT2D eigenvalue weighted by molar-refractivity contribution is 6.06. The highest BCUT2D eigenvalue weighted by atomic mass is 16.3. The first-order valence-corrected chi connectivity index (χ1v) is 21.7. The average molecular weight is 804 g/mol. The van der Waals surface area contributed by atoms with Crippen LogP contribution < -0.4 is 4.90 Å². The van der Waals surface area contributed by atoms with Gasteiger partial charge in [0.2, 0.25) is 0 Å². The highest BCUT2D eigenvalue weighted by Crippen LogP contribution is 2.59. The number of rotatable bonds is 8. The summed E-state index contributed by atoms with van der Waals surface area (Å²) in [4.78, 5) is 2.47. The van der Waals surface area contributed by atoms with E-state index in [0.717, 1.165) is 55.7 Å². The molecule has 0 amide bonds. The zero-order chi connectivity index (χ0) is 41.7. The molecule has 0 atom stereocenters. The number of fused-ring (bicyclic) bond motifs is 6. The van der Waals surface area contributed by atoms with Gasteiger partial charge in [-0.05, 0) is 110 Å². The van der Waals surface area contributed by atoms with Crippen LogP contribution in [0.25, 0.3) is 66.4 Å². The fourth-order valence-electron chi connectivity index (χ4n) is 10.1. The smallest absolute Gasteiger partial charge is 0.135 e. The van der Waals surface area contributed by atoms with Crippen molar-refractivity contribution < 1.29 is 4.42 Å². The summed E-state index contributed by atoms with van der Waals surface area (Å²) < 4.78 is 6.24. The fraction of sp³-hybridized carbons (Fsp3) is 0.0164. The molecule has 10 aromatic carbocycles. The van der Waals surface area contributed by atoms with Gasteiger partial charge < -0.3 is 9.32 Å². The van der Waals surface area contributed by atoms with Gasteiger partial charge in [-0.25, -0.2) is 0 Å². The third-order valence-electron chi connectivity index (χ3n) is 12.9. The van der Waals surface area contributed by atoms with Crippen LogP contribution in [-0.4, -0.2) is 0 Å². The third-order valence-corrected chi connectivity index (χ3v) is 12.9. The minimum atomic E-state index is -0.525. The maximum absolute atomic E-state index is 6.24. The number of para-hydroxylation sites is 1. The van der Waals surface area contributed by atoms with E-state index in [4.69, 9.17) is 4.42 Å². The van der Waals surface area contributed by atoms with E-state index in [9.17, 15) is 0 Å². The maximum atomic E-state index is 6.24. The molecule has 0 saturated carbocycles. The SMILES string of the molecule is c1ccc(-c2ccc(-c3cccc(N(c4cccc(-c5ccc6oc7ccccc7c6c5)c4)c4cccc5c4-c4ccccc4C5(c4ccccc4)c4ccccc4)c3)cc2)cc1. The molecule has 2 heteroatoms. The Bertz CT molecular complexity index is 3400. The predicted octanol–water partition coefficient (Wildman–Crippen LogP) is 16.4. The molecule has 0 bridgehead atoms. The number of anilines is 3. The molecule has 0 saturated heterocycles. The Morgan fingerprint density at radius 2 is 0.794 bits per heavy atom. The van der Waals surface area contributed by atoms with E-state index < -0.39 is 5.41 Å². The quantitative estimate of drug-likeness (QED) is 0.152. The molecule has 0 radical (unpaired) electrons. The van der Waals surface area contributed by atoms with Crippen LogP contribution in [0.3, 0.4) is 0 Å². The molecular formula is C61H41NO. The Morgan fingerprint density at radius 1 is 0.317 bits per heavy atom. The van der Waals surface area contributed by atoms with Crippen LogP contribution in [0.4, 0.5) is 17.1 Å². The Balaban J connectivity index is 1.08. The first-order chi connectivity index (χ1) is 31.2. The first-order valence-electron chi connectivity index (χ1n) is 21.7. The lowest BCUT2D eigenvalue weighted by atomic mass is 9.68. The minimum absolute atomic E-state index is 0.525. The van der Waals surface area contributed by atoms with Gasteiger partial charge in [0.25, 0.3) is 0 Å². The molecule has 1 heterocycles. The van der Waals surface area contributed by atoms with Crippen molar-refractivity contribution in [2.45, 2.75) is 5.41 Å². The lowest BCUT2D eigenvalue weighted by molar-refractivity contribution is 0.669. The second-order valence-electron chi connectivity index (χ2n) is 16.4. The van der Waals surface area contributed by atoms with Crippen LogP contribution in [0.5, 0.6) is 0 Å². The van der Waals surface area contributed by atoms with Crippen LogP contribution in [0.1, 0.15) is 22.3 Å². The van der Waals surface area contributed by atoms with Gasteiger partial charge in [-0.1, -0.05) is 200 Å². The van der Waals surface area contributed by atoms with Crippen LogP contribution in [0.2, 0.25) is 0 Å². The molecule has 296 valence electrons. The molecule has 0 N–H and O–H groups in total. The van der Waals surface area contributed by atoms with Crippen molar-refractivity contribution in [1.82, 2.24) is 0 Å². The van der Waals surface area contributed by atoms with Gasteiger partial charge in [0.1, 0.15) is 11.2 Å². The minimum Gasteiger partial charge on any atom is -0.456 e. The molecule has 0 fully saturated rings. The van der Waals surface area contributed by atoms with Crippen LogP contribution >= 0.6 is 0 Å². The summed E-state index contributed by atoms with van der Waals surface area (Å²) in [6, 6.07) is 90.4. The summed E-state index contributed by atoms with van der Waals surface area (Å²) >= 11 is 0. The lowest BCUT2D eigenvalue weighted by Gasteiger charge is -2.34. The number of hydrogen-bond donors (Lipinski definition) is 0. The van der Waals surface area contributed by atoms with Gasteiger partial charge in [-0.3, -0.25) is 0 Å². The van der Waals surface area contributed by atoms with Crippen molar-refractivity contribution in [3.63, 3.8) is 0 Å². The highest BCUT2D eigenvalue weighted by Gasteiger charge is 2.47. The summed E-state index contributed by atoms with van der Waals surface area (Å²) in [5.41, 5.74) is 19.1. The van der Waals surface area contributed by atoms with Crippen molar-refractivity contribution >= 4 is 39.0 Å². The third kappa shape index (κ3) is 6.02. The molecule has 12 rings (SSSR count). The molecule has 0 unspecified atom stereocenters. The number of nitrogens with zero attached hydrogens (tertiary/aromatic N) is 1. The summed E-state index contributed by atoms with van der Waals surface area (Å²) in [5.74, 6) is 0. The summed E-state index contributed by atoms with van der Waals surface area (Å²) in [7, 11) is 0. The Morgan fingerprint density at radius 3 is 1.49 bits per heavy atom. The average Bonchev–Trinajstić information content (AvgIpc) is 3.89. The lowest BCUT2D eigenvalue weighted by Crippen LogP contribution is -2.28. The van der Waals surface area contributed by atoms with E-state index in [1.54, 1.807) is 0 Å². The molecule has 63 heavy (non-hydrogen) atoms. The van der Waals surface area contributed by atoms with Crippen molar-refractivity contribution in [2.75, 3.05) is 4.90 Å². The standard InChI is InChI=1S/C61H41NO/c1-4-17-42(18-5-1)43-33-35-44(36-34-43)45-19-14-25-50(39-45)62(51-26-15-20-46(40-51)47-37-38-59-54(41-47)52-27-11-13-32-58(52)63-59)57-31-16-30-56-60(57)53-28-10-12-29-55(53)61(56,48-21-6-2-7-22-48)49-23-8-3-9-24-49/h1-41H. The van der Waals surface area contributed by atoms with E-state index in [1.165, 1.54) is 50.1 Å². The molecule has 0 spiro atoms. The van der Waals surface area contributed by atoms with Gasteiger partial charge in [-0.15, -0.1) is 0 Å². The zero-order valence-corrected chi connectivity index (χ0v) is 34.5. The van der Waals surface area contributed by atoms with Gasteiger partial charge in [-0.2, -0.15) is 0 Å². The Kier molecular flexibility index (Phi) is 8.76. The van der Waals surface area contributed by atoms with E-state index in [0.29, 0.717) is 0 Å². The second kappa shape index (κ2) is 15.1. The monoisotopic (exact) mass is 803 g/mol. The number of furan rings is 1. The maximum Gasteiger partial charge on any atom is 0.135 e. The molecular weight excluding hydrogens is 763 g/mol. The van der Waals surface area contributed by atoms with E-state index >= 15 is 0 Å². The zero-order valence-electron chi connectivity index (χ0n) is 34.5. The molecule has 11 aromatic rings. The van der Waals surface area contributed by atoms with Gasteiger partial charge in [0, 0.05) is 27.7 Å². The number of hydrogen-bond acceptors (Lipinski definition) is 2. The summed E-state index contributed by atoms with van der Waals surface area (Å²) in [5, 5.41) is 2.24. The van der Waals surface area contributed by atoms with Crippen molar-refractivity contribution in [3.8, 4) is 44.5 Å². The molecule has 1 aliphatic carbocycles. The van der Waals surface area contributed by atoms with Crippen molar-refractivity contribution in [3.05, 3.63) is 271 Å². The van der Waals surface area contributed by atoms with Crippen LogP contribution in [-0.2, 0) is 5.41 Å². The molecule has 2 nitrogen and oxygen atoms in total. The van der Waals surface area contributed by atoms with E-state index in [1.807, 2.05) is 12.1 Å². The molecule has 1 aliphatic rings. The van der Waals surface area contributed by atoms with Crippen molar-refractivity contribution in [2.24, 2.45) is 0 Å². The summed E-state index contributed by atoms with van der Waals surface area (Å²) in [6.45, 7) is 0. The van der Waals surface area contributed by atoms with Crippen molar-refractivity contribution in [1.29, 1.82) is 0 Å². The topological polar surface area (TPSA) is 16.4 Å². The normalized spacial score (nSPS) is 12.6. The van der Waals surface area contributed by atoms with Crippen LogP contribution in [0.15, 0.2) is 253 Å². The van der Waals surface area contributed by atoms with E-state index in [2.05, 4.69) is 241 Å². The molecule has 0 aliphatic heterocycles.